The van der Waals surface area contributed by atoms with E-state index in [1.807, 2.05) is 0 Å². The van der Waals surface area contributed by atoms with Crippen LogP contribution < -0.4 is 14.9 Å². The lowest BCUT2D eigenvalue weighted by Crippen LogP contribution is -2.24. The maximum Gasteiger partial charge on any atom is 0.345 e. The molecule has 0 heterocycles. The molecule has 3 aromatic carbocycles. The number of carbonyl (C=O) groups excluding carboxylic acids is 2. The number of rotatable bonds is 8. The number of non-ortho nitro benzene ring substituents is 1. The third-order valence-electron chi connectivity index (χ3n) is 4.06. The predicted octanol–water partition coefficient (Wildman–Crippen LogP) is 4.65. The molecule has 0 spiro atoms. The van der Waals surface area contributed by atoms with E-state index in [9.17, 15) is 19.7 Å². The number of hydrazone groups is 1. The van der Waals surface area contributed by atoms with Gasteiger partial charge in [0, 0.05) is 17.2 Å². The van der Waals surface area contributed by atoms with Gasteiger partial charge in [-0.15, -0.1) is 0 Å². The highest BCUT2D eigenvalue weighted by atomic mass is 35.5. The zero-order chi connectivity index (χ0) is 23.8. The standard InChI is InChI=1S/C22H15Cl2N3O6/c23-15-3-10-19(20(24)11-15)22(29)33-18-6-1-14(2-7-18)12-25-26-21(28)13-32-17-8-4-16(5-9-17)27(30)31/h1-12H,13H2,(H,26,28)/b25-12-. The molecule has 0 bridgehead atoms. The molecule has 9 nitrogen and oxygen atoms in total. The van der Waals surface area contributed by atoms with Gasteiger partial charge in [-0.2, -0.15) is 5.10 Å². The molecule has 0 radical (unpaired) electrons. The first-order valence-electron chi connectivity index (χ1n) is 9.28. The molecule has 1 amide bonds. The van der Waals surface area contributed by atoms with Crippen molar-refractivity contribution < 1.29 is 24.0 Å². The average Bonchev–Trinajstić information content (AvgIpc) is 2.79. The fourth-order valence-electron chi connectivity index (χ4n) is 2.46. The molecule has 0 aliphatic heterocycles. The van der Waals surface area contributed by atoms with E-state index < -0.39 is 16.8 Å². The molecule has 0 atom stereocenters. The minimum Gasteiger partial charge on any atom is -0.484 e. The molecule has 0 saturated carbocycles. The summed E-state index contributed by atoms with van der Waals surface area (Å²) in [6, 6.07) is 16.2. The van der Waals surface area contributed by atoms with E-state index in [-0.39, 0.29) is 22.9 Å². The average molecular weight is 488 g/mol. The summed E-state index contributed by atoms with van der Waals surface area (Å²) >= 11 is 11.8. The van der Waals surface area contributed by atoms with Gasteiger partial charge in [-0.3, -0.25) is 14.9 Å². The van der Waals surface area contributed by atoms with Crippen molar-refractivity contribution in [3.05, 3.63) is 98.0 Å². The van der Waals surface area contributed by atoms with Crippen LogP contribution in [0.25, 0.3) is 0 Å². The number of nitro benzene ring substituents is 1. The Morgan fingerprint density at radius 3 is 2.30 bits per heavy atom. The van der Waals surface area contributed by atoms with Crippen LogP contribution in [-0.2, 0) is 4.79 Å². The highest BCUT2D eigenvalue weighted by molar-refractivity contribution is 6.36. The highest BCUT2D eigenvalue weighted by Gasteiger charge is 2.13. The number of halogens is 2. The van der Waals surface area contributed by atoms with E-state index in [0.717, 1.165) is 0 Å². The zero-order valence-corrected chi connectivity index (χ0v) is 18.2. The summed E-state index contributed by atoms with van der Waals surface area (Å²) in [6.07, 6.45) is 1.39. The van der Waals surface area contributed by atoms with Crippen molar-refractivity contribution in [2.24, 2.45) is 5.10 Å². The number of amides is 1. The molecule has 11 heteroatoms. The third kappa shape index (κ3) is 7.03. The van der Waals surface area contributed by atoms with E-state index in [1.165, 1.54) is 48.7 Å². The summed E-state index contributed by atoms with van der Waals surface area (Å²) in [5.41, 5.74) is 3.04. The lowest BCUT2D eigenvalue weighted by atomic mass is 10.2. The van der Waals surface area contributed by atoms with Crippen LogP contribution in [0.15, 0.2) is 71.8 Å². The van der Waals surface area contributed by atoms with Crippen molar-refractivity contribution in [3.63, 3.8) is 0 Å². The number of benzene rings is 3. The molecule has 3 aromatic rings. The second-order valence-corrected chi connectivity index (χ2v) is 7.26. The van der Waals surface area contributed by atoms with Gasteiger partial charge in [-0.1, -0.05) is 23.2 Å². The van der Waals surface area contributed by atoms with Gasteiger partial charge in [0.15, 0.2) is 6.61 Å². The Morgan fingerprint density at radius 1 is 1.00 bits per heavy atom. The lowest BCUT2D eigenvalue weighted by Gasteiger charge is -2.06. The second-order valence-electron chi connectivity index (χ2n) is 6.42. The maximum absolute atomic E-state index is 12.2. The van der Waals surface area contributed by atoms with Crippen LogP contribution in [0.2, 0.25) is 10.0 Å². The quantitative estimate of drug-likeness (QED) is 0.162. The van der Waals surface area contributed by atoms with Crippen LogP contribution in [0.1, 0.15) is 15.9 Å². The maximum atomic E-state index is 12.2. The Kier molecular flexibility index (Phi) is 7.96. The molecule has 1 N–H and O–H groups in total. The lowest BCUT2D eigenvalue weighted by molar-refractivity contribution is -0.384. The van der Waals surface area contributed by atoms with Gasteiger partial charge in [0.25, 0.3) is 11.6 Å². The topological polar surface area (TPSA) is 120 Å². The van der Waals surface area contributed by atoms with Crippen LogP contribution in [0.3, 0.4) is 0 Å². The fraction of sp³-hybridized carbons (Fsp3) is 0.0455. The van der Waals surface area contributed by atoms with Gasteiger partial charge in [-0.25, -0.2) is 10.2 Å². The van der Waals surface area contributed by atoms with Crippen molar-refractivity contribution in [2.45, 2.75) is 0 Å². The number of hydrogen-bond donors (Lipinski definition) is 1. The SMILES string of the molecule is O=C(COc1ccc([N+](=O)[O-])cc1)N/N=C\c1ccc(OC(=O)c2ccc(Cl)cc2Cl)cc1. The van der Waals surface area contributed by atoms with Crippen molar-refractivity contribution in [3.8, 4) is 11.5 Å². The molecule has 0 unspecified atom stereocenters. The van der Waals surface area contributed by atoms with Crippen molar-refractivity contribution >= 4 is 47.0 Å². The summed E-state index contributed by atoms with van der Waals surface area (Å²) in [4.78, 5) is 34.1. The Labute approximate surface area is 197 Å². The monoisotopic (exact) mass is 487 g/mol. The minimum absolute atomic E-state index is 0.0778. The second kappa shape index (κ2) is 11.1. The van der Waals surface area contributed by atoms with Crippen molar-refractivity contribution in [1.29, 1.82) is 0 Å². The van der Waals surface area contributed by atoms with E-state index in [2.05, 4.69) is 10.5 Å². The molecule has 3 rings (SSSR count). The number of nitrogens with one attached hydrogen (secondary N) is 1. The van der Waals surface area contributed by atoms with Crippen LogP contribution in [0.4, 0.5) is 5.69 Å². The van der Waals surface area contributed by atoms with Gasteiger partial charge in [0.2, 0.25) is 0 Å². The van der Waals surface area contributed by atoms with E-state index in [4.69, 9.17) is 32.7 Å². The number of nitrogens with zero attached hydrogens (tertiary/aromatic N) is 2. The van der Waals surface area contributed by atoms with Gasteiger partial charge in [-0.05, 0) is 60.2 Å². The van der Waals surface area contributed by atoms with E-state index >= 15 is 0 Å². The van der Waals surface area contributed by atoms with Crippen LogP contribution in [0, 0.1) is 10.1 Å². The normalized spacial score (nSPS) is 10.6. The Morgan fingerprint density at radius 2 is 1.67 bits per heavy atom. The largest absolute Gasteiger partial charge is 0.484 e. The summed E-state index contributed by atoms with van der Waals surface area (Å²) in [5, 5.41) is 15.0. The van der Waals surface area contributed by atoms with Crippen LogP contribution in [0.5, 0.6) is 11.5 Å². The van der Waals surface area contributed by atoms with E-state index in [0.29, 0.717) is 22.1 Å². The molecule has 0 saturated heterocycles. The first kappa shape index (κ1) is 23.7. The zero-order valence-electron chi connectivity index (χ0n) is 16.7. The smallest absolute Gasteiger partial charge is 0.345 e. The number of ether oxygens (including phenoxy) is 2. The molecule has 168 valence electrons. The predicted molar refractivity (Wildman–Crippen MR) is 122 cm³/mol. The van der Waals surface area contributed by atoms with E-state index in [1.54, 1.807) is 24.3 Å². The van der Waals surface area contributed by atoms with Gasteiger partial charge >= 0.3 is 5.97 Å². The molecule has 0 aliphatic rings. The molecule has 0 fully saturated rings. The molecule has 33 heavy (non-hydrogen) atoms. The first-order valence-corrected chi connectivity index (χ1v) is 10.0. The molecule has 0 aromatic heterocycles. The molecular formula is C22H15Cl2N3O6. The molecular weight excluding hydrogens is 473 g/mol. The van der Waals surface area contributed by atoms with Gasteiger partial charge < -0.3 is 9.47 Å². The first-order chi connectivity index (χ1) is 15.8. The Hall–Kier alpha value is -3.95. The molecule has 0 aliphatic carbocycles. The summed E-state index contributed by atoms with van der Waals surface area (Å²) in [7, 11) is 0. The van der Waals surface area contributed by atoms with Gasteiger partial charge in [0.1, 0.15) is 11.5 Å². The van der Waals surface area contributed by atoms with Gasteiger partial charge in [0.05, 0.1) is 21.7 Å². The Balaban J connectivity index is 1.47. The number of carbonyl (C=O) groups is 2. The third-order valence-corrected chi connectivity index (χ3v) is 4.61. The number of esters is 1. The van der Waals surface area contributed by atoms with Crippen molar-refractivity contribution in [1.82, 2.24) is 5.43 Å². The highest BCUT2D eigenvalue weighted by Crippen LogP contribution is 2.23. The summed E-state index contributed by atoms with van der Waals surface area (Å²) < 4.78 is 10.5. The summed E-state index contributed by atoms with van der Waals surface area (Å²) in [5.74, 6) is -0.540. The van der Waals surface area contributed by atoms with Crippen LogP contribution in [-0.4, -0.2) is 29.6 Å². The van der Waals surface area contributed by atoms with Crippen molar-refractivity contribution in [2.75, 3.05) is 6.61 Å². The fourth-order valence-corrected chi connectivity index (χ4v) is 2.95. The Bertz CT molecular complexity index is 1200. The summed E-state index contributed by atoms with van der Waals surface area (Å²) in [6.45, 7) is -0.322. The number of nitro groups is 1. The number of hydrogen-bond acceptors (Lipinski definition) is 7. The minimum atomic E-state index is -0.627. The van der Waals surface area contributed by atoms with Crippen LogP contribution >= 0.6 is 23.2 Å².